The van der Waals surface area contributed by atoms with Crippen molar-refractivity contribution >= 4 is 0 Å². The fourth-order valence-corrected chi connectivity index (χ4v) is 1.69. The Morgan fingerprint density at radius 3 is 2.69 bits per heavy atom. The van der Waals surface area contributed by atoms with Crippen molar-refractivity contribution in [2.24, 2.45) is 5.41 Å². The zero-order chi connectivity index (χ0) is 11.3. The Balaban J connectivity index is 1.49. The van der Waals surface area contributed by atoms with E-state index in [1.54, 1.807) is 0 Å². The van der Waals surface area contributed by atoms with Crippen molar-refractivity contribution in [3.05, 3.63) is 35.9 Å². The van der Waals surface area contributed by atoms with Crippen LogP contribution in [0.1, 0.15) is 25.3 Å². The Kier molecular flexibility index (Phi) is 3.97. The SMILES string of the molecule is CC1(CNCCOCc2ccccc2)CC1. The highest BCUT2D eigenvalue weighted by molar-refractivity contribution is 5.13. The highest BCUT2D eigenvalue weighted by Gasteiger charge is 2.36. The van der Waals surface area contributed by atoms with Crippen molar-refractivity contribution in [3.8, 4) is 0 Å². The summed E-state index contributed by atoms with van der Waals surface area (Å²) in [7, 11) is 0. The number of nitrogens with one attached hydrogen (secondary N) is 1. The second-order valence-electron chi connectivity index (χ2n) is 5.03. The van der Waals surface area contributed by atoms with Gasteiger partial charge in [-0.3, -0.25) is 0 Å². The zero-order valence-corrected chi connectivity index (χ0v) is 10.0. The van der Waals surface area contributed by atoms with E-state index in [1.807, 2.05) is 18.2 Å². The van der Waals surface area contributed by atoms with Crippen LogP contribution in [0.2, 0.25) is 0 Å². The molecule has 0 aromatic heterocycles. The second kappa shape index (κ2) is 5.46. The molecule has 0 heterocycles. The van der Waals surface area contributed by atoms with Crippen LogP contribution in [0.3, 0.4) is 0 Å². The molecule has 16 heavy (non-hydrogen) atoms. The molecule has 1 fully saturated rings. The van der Waals surface area contributed by atoms with Crippen molar-refractivity contribution in [3.63, 3.8) is 0 Å². The average molecular weight is 219 g/mol. The topological polar surface area (TPSA) is 21.3 Å². The Bertz CT molecular complexity index is 306. The molecule has 2 heteroatoms. The first-order valence-electron chi connectivity index (χ1n) is 6.11. The van der Waals surface area contributed by atoms with E-state index < -0.39 is 0 Å². The van der Waals surface area contributed by atoms with Crippen molar-refractivity contribution < 1.29 is 4.74 Å². The summed E-state index contributed by atoms with van der Waals surface area (Å²) in [6, 6.07) is 10.3. The first kappa shape index (κ1) is 11.6. The van der Waals surface area contributed by atoms with E-state index in [9.17, 15) is 0 Å². The number of hydrogen-bond donors (Lipinski definition) is 1. The standard InChI is InChI=1S/C14H21NO/c1-14(7-8-14)12-15-9-10-16-11-13-5-3-2-4-6-13/h2-6,15H,7-12H2,1H3. The summed E-state index contributed by atoms with van der Waals surface area (Å²) in [6.45, 7) is 5.96. The van der Waals surface area contributed by atoms with E-state index >= 15 is 0 Å². The molecule has 0 bridgehead atoms. The van der Waals surface area contributed by atoms with Gasteiger partial charge in [0.25, 0.3) is 0 Å². The molecule has 1 N–H and O–H groups in total. The molecule has 1 aromatic rings. The third kappa shape index (κ3) is 3.95. The number of benzene rings is 1. The lowest BCUT2D eigenvalue weighted by Gasteiger charge is -2.10. The van der Waals surface area contributed by atoms with Gasteiger partial charge in [0.1, 0.15) is 0 Å². The molecule has 0 amide bonds. The summed E-state index contributed by atoms with van der Waals surface area (Å²) in [5.41, 5.74) is 1.84. The molecule has 0 spiro atoms. The summed E-state index contributed by atoms with van der Waals surface area (Å²) in [5, 5.41) is 3.45. The van der Waals surface area contributed by atoms with Gasteiger partial charge in [-0.15, -0.1) is 0 Å². The van der Waals surface area contributed by atoms with Crippen LogP contribution in [0.15, 0.2) is 30.3 Å². The number of ether oxygens (including phenoxy) is 1. The molecular formula is C14H21NO. The Morgan fingerprint density at radius 2 is 2.00 bits per heavy atom. The van der Waals surface area contributed by atoms with E-state index in [2.05, 4.69) is 24.4 Å². The molecule has 88 valence electrons. The highest BCUT2D eigenvalue weighted by Crippen LogP contribution is 2.43. The highest BCUT2D eigenvalue weighted by atomic mass is 16.5. The summed E-state index contributed by atoms with van der Waals surface area (Å²) in [6.07, 6.45) is 2.76. The van der Waals surface area contributed by atoms with E-state index in [1.165, 1.54) is 18.4 Å². The lowest BCUT2D eigenvalue weighted by molar-refractivity contribution is 0.122. The Hall–Kier alpha value is -0.860. The maximum atomic E-state index is 5.59. The average Bonchev–Trinajstić information content (AvgIpc) is 3.03. The van der Waals surface area contributed by atoms with Crippen molar-refractivity contribution in [2.45, 2.75) is 26.4 Å². The van der Waals surface area contributed by atoms with Crippen LogP contribution in [0.4, 0.5) is 0 Å². The minimum Gasteiger partial charge on any atom is -0.375 e. The molecule has 0 unspecified atom stereocenters. The molecule has 2 rings (SSSR count). The van der Waals surface area contributed by atoms with Crippen molar-refractivity contribution in [1.82, 2.24) is 5.32 Å². The van der Waals surface area contributed by atoms with Gasteiger partial charge in [0.15, 0.2) is 0 Å². The molecular weight excluding hydrogens is 198 g/mol. The van der Waals surface area contributed by atoms with Crippen molar-refractivity contribution in [1.29, 1.82) is 0 Å². The van der Waals surface area contributed by atoms with E-state index in [0.29, 0.717) is 5.41 Å². The summed E-state index contributed by atoms with van der Waals surface area (Å²) in [4.78, 5) is 0. The molecule has 0 atom stereocenters. The lowest BCUT2D eigenvalue weighted by atomic mass is 10.1. The molecule has 1 aromatic carbocycles. The second-order valence-corrected chi connectivity index (χ2v) is 5.03. The van der Waals surface area contributed by atoms with Gasteiger partial charge in [-0.25, -0.2) is 0 Å². The minimum absolute atomic E-state index is 0.597. The quantitative estimate of drug-likeness (QED) is 0.712. The molecule has 1 aliphatic rings. The van der Waals surface area contributed by atoms with E-state index in [0.717, 1.165) is 26.3 Å². The van der Waals surface area contributed by atoms with Crippen LogP contribution in [0.25, 0.3) is 0 Å². The molecule has 1 aliphatic carbocycles. The maximum Gasteiger partial charge on any atom is 0.0717 e. The molecule has 0 radical (unpaired) electrons. The predicted molar refractivity (Wildman–Crippen MR) is 66.3 cm³/mol. The predicted octanol–water partition coefficient (Wildman–Crippen LogP) is 2.59. The van der Waals surface area contributed by atoms with Gasteiger partial charge in [-0.2, -0.15) is 0 Å². The van der Waals surface area contributed by atoms with E-state index in [4.69, 9.17) is 4.74 Å². The molecule has 0 aliphatic heterocycles. The smallest absolute Gasteiger partial charge is 0.0717 e. The molecule has 1 saturated carbocycles. The third-order valence-corrected chi connectivity index (χ3v) is 3.19. The largest absolute Gasteiger partial charge is 0.375 e. The fraction of sp³-hybridized carbons (Fsp3) is 0.571. The summed E-state index contributed by atoms with van der Waals surface area (Å²) in [5.74, 6) is 0. The van der Waals surface area contributed by atoms with Gasteiger partial charge in [-0.05, 0) is 23.8 Å². The first-order valence-corrected chi connectivity index (χ1v) is 6.11. The summed E-state index contributed by atoms with van der Waals surface area (Å²) >= 11 is 0. The van der Waals surface area contributed by atoms with E-state index in [-0.39, 0.29) is 0 Å². The maximum absolute atomic E-state index is 5.59. The number of hydrogen-bond acceptors (Lipinski definition) is 2. The fourth-order valence-electron chi connectivity index (χ4n) is 1.69. The Labute approximate surface area is 98.0 Å². The zero-order valence-electron chi connectivity index (χ0n) is 10.0. The van der Waals surface area contributed by atoms with Crippen LogP contribution in [0.5, 0.6) is 0 Å². The monoisotopic (exact) mass is 219 g/mol. The van der Waals surface area contributed by atoms with Crippen LogP contribution < -0.4 is 5.32 Å². The minimum atomic E-state index is 0.597. The first-order chi connectivity index (χ1) is 7.79. The van der Waals surface area contributed by atoms with Gasteiger partial charge in [0, 0.05) is 13.1 Å². The van der Waals surface area contributed by atoms with Gasteiger partial charge in [0.05, 0.1) is 13.2 Å². The Morgan fingerprint density at radius 1 is 1.25 bits per heavy atom. The van der Waals surface area contributed by atoms with Crippen LogP contribution in [-0.2, 0) is 11.3 Å². The van der Waals surface area contributed by atoms with Crippen LogP contribution >= 0.6 is 0 Å². The van der Waals surface area contributed by atoms with Gasteiger partial charge in [-0.1, -0.05) is 37.3 Å². The summed E-state index contributed by atoms with van der Waals surface area (Å²) < 4.78 is 5.59. The van der Waals surface area contributed by atoms with Crippen LogP contribution in [-0.4, -0.2) is 19.7 Å². The number of rotatable bonds is 7. The van der Waals surface area contributed by atoms with Gasteiger partial charge in [0.2, 0.25) is 0 Å². The van der Waals surface area contributed by atoms with Crippen molar-refractivity contribution in [2.75, 3.05) is 19.7 Å². The lowest BCUT2D eigenvalue weighted by Crippen LogP contribution is -2.25. The normalized spacial score (nSPS) is 17.3. The van der Waals surface area contributed by atoms with Gasteiger partial charge >= 0.3 is 0 Å². The third-order valence-electron chi connectivity index (χ3n) is 3.19. The van der Waals surface area contributed by atoms with Crippen LogP contribution in [0, 0.1) is 5.41 Å². The van der Waals surface area contributed by atoms with Gasteiger partial charge < -0.3 is 10.1 Å². The molecule has 2 nitrogen and oxygen atoms in total. The molecule has 0 saturated heterocycles.